The zero-order valence-electron chi connectivity index (χ0n) is 12.2. The van der Waals surface area contributed by atoms with Gasteiger partial charge in [0.1, 0.15) is 17.1 Å². The number of phenolic OH excluding ortho intramolecular Hbond substituents is 1. The molecule has 23 heavy (non-hydrogen) atoms. The third kappa shape index (κ3) is 4.37. The van der Waals surface area contributed by atoms with Crippen molar-refractivity contribution in [1.29, 1.82) is 0 Å². The van der Waals surface area contributed by atoms with Crippen LogP contribution in [0.5, 0.6) is 11.5 Å². The number of benzene rings is 2. The molecule has 0 unspecified atom stereocenters. The smallest absolute Gasteiger partial charge is 0.342 e. The highest BCUT2D eigenvalue weighted by molar-refractivity contribution is 6.30. The summed E-state index contributed by atoms with van der Waals surface area (Å²) >= 11 is 5.68. The Balaban J connectivity index is 1.95. The molecule has 0 aromatic heterocycles. The molecule has 2 aromatic rings. The molecule has 0 saturated carbocycles. The average Bonchev–Trinajstić information content (AvgIpc) is 2.53. The molecular formula is C16H14ClNO5. The molecule has 6 nitrogen and oxygen atoms in total. The SMILES string of the molecule is COc1ccccc1NC(=O)COC(=O)c1ccc(Cl)cc1O. The molecule has 2 N–H and O–H groups in total. The normalized spacial score (nSPS) is 10.0. The van der Waals surface area contributed by atoms with Gasteiger partial charge in [-0.15, -0.1) is 0 Å². The van der Waals surface area contributed by atoms with Gasteiger partial charge in [-0.1, -0.05) is 23.7 Å². The topological polar surface area (TPSA) is 84.9 Å². The first-order valence-electron chi connectivity index (χ1n) is 6.59. The Labute approximate surface area is 137 Å². The van der Waals surface area contributed by atoms with Gasteiger partial charge in [-0.25, -0.2) is 4.79 Å². The van der Waals surface area contributed by atoms with Gasteiger partial charge in [0.25, 0.3) is 5.91 Å². The summed E-state index contributed by atoms with van der Waals surface area (Å²) < 4.78 is 9.96. The van der Waals surface area contributed by atoms with E-state index in [1.807, 2.05) is 0 Å². The Hall–Kier alpha value is -2.73. The van der Waals surface area contributed by atoms with Gasteiger partial charge in [0.15, 0.2) is 6.61 Å². The molecule has 0 aliphatic carbocycles. The van der Waals surface area contributed by atoms with E-state index in [9.17, 15) is 14.7 Å². The van der Waals surface area contributed by atoms with Crippen molar-refractivity contribution in [2.75, 3.05) is 19.0 Å². The van der Waals surface area contributed by atoms with Crippen LogP contribution in [0.25, 0.3) is 0 Å². The van der Waals surface area contributed by atoms with Crippen LogP contribution in [0.4, 0.5) is 5.69 Å². The van der Waals surface area contributed by atoms with Gasteiger partial charge in [-0.05, 0) is 30.3 Å². The Kier molecular flexibility index (Phi) is 5.43. The highest BCUT2D eigenvalue weighted by atomic mass is 35.5. The first kappa shape index (κ1) is 16.6. The lowest BCUT2D eigenvalue weighted by Gasteiger charge is -2.10. The highest BCUT2D eigenvalue weighted by Gasteiger charge is 2.15. The Morgan fingerprint density at radius 2 is 1.96 bits per heavy atom. The molecule has 0 radical (unpaired) electrons. The summed E-state index contributed by atoms with van der Waals surface area (Å²) in [5, 5.41) is 12.5. The zero-order valence-corrected chi connectivity index (χ0v) is 13.0. The fraction of sp³-hybridized carbons (Fsp3) is 0.125. The molecule has 0 aliphatic heterocycles. The number of hydrogen-bond acceptors (Lipinski definition) is 5. The molecule has 0 spiro atoms. The van der Waals surface area contributed by atoms with Gasteiger partial charge in [0, 0.05) is 5.02 Å². The molecule has 120 valence electrons. The first-order valence-corrected chi connectivity index (χ1v) is 6.97. The minimum Gasteiger partial charge on any atom is -0.507 e. The Morgan fingerprint density at radius 3 is 2.65 bits per heavy atom. The molecule has 7 heteroatoms. The summed E-state index contributed by atoms with van der Waals surface area (Å²) in [6.45, 7) is -0.501. The molecule has 0 fully saturated rings. The molecule has 0 aliphatic rings. The van der Waals surface area contributed by atoms with E-state index in [0.717, 1.165) is 0 Å². The third-order valence-electron chi connectivity index (χ3n) is 2.90. The Morgan fingerprint density at radius 1 is 1.22 bits per heavy atom. The maximum absolute atomic E-state index is 11.8. The predicted molar refractivity (Wildman–Crippen MR) is 85.0 cm³/mol. The van der Waals surface area contributed by atoms with Crippen molar-refractivity contribution in [2.45, 2.75) is 0 Å². The number of halogens is 1. The van der Waals surface area contributed by atoms with E-state index in [0.29, 0.717) is 11.4 Å². The number of hydrogen-bond donors (Lipinski definition) is 2. The molecule has 0 bridgehead atoms. The molecular weight excluding hydrogens is 322 g/mol. The summed E-state index contributed by atoms with van der Waals surface area (Å²) in [6, 6.07) is 10.8. The van der Waals surface area contributed by atoms with E-state index >= 15 is 0 Å². The van der Waals surface area contributed by atoms with Crippen LogP contribution in [0.3, 0.4) is 0 Å². The monoisotopic (exact) mass is 335 g/mol. The van der Waals surface area contributed by atoms with Crippen molar-refractivity contribution >= 4 is 29.2 Å². The molecule has 2 rings (SSSR count). The van der Waals surface area contributed by atoms with E-state index < -0.39 is 18.5 Å². The van der Waals surface area contributed by atoms with Gasteiger partial charge in [-0.2, -0.15) is 0 Å². The van der Waals surface area contributed by atoms with Crippen molar-refractivity contribution in [3.63, 3.8) is 0 Å². The lowest BCUT2D eigenvalue weighted by Crippen LogP contribution is -2.21. The molecule has 1 amide bonds. The number of carbonyl (C=O) groups excluding carboxylic acids is 2. The van der Waals surface area contributed by atoms with Crippen LogP contribution in [-0.2, 0) is 9.53 Å². The standard InChI is InChI=1S/C16H14ClNO5/c1-22-14-5-3-2-4-12(14)18-15(20)9-23-16(21)11-7-6-10(17)8-13(11)19/h2-8,19H,9H2,1H3,(H,18,20). The van der Waals surface area contributed by atoms with E-state index in [1.54, 1.807) is 24.3 Å². The van der Waals surface area contributed by atoms with E-state index in [1.165, 1.54) is 25.3 Å². The van der Waals surface area contributed by atoms with Crippen molar-refractivity contribution in [1.82, 2.24) is 0 Å². The lowest BCUT2D eigenvalue weighted by molar-refractivity contribution is -0.119. The first-order chi connectivity index (χ1) is 11.0. The fourth-order valence-corrected chi connectivity index (χ4v) is 1.99. The lowest BCUT2D eigenvalue weighted by atomic mass is 10.2. The Bertz CT molecular complexity index is 732. The van der Waals surface area contributed by atoms with Crippen LogP contribution in [-0.4, -0.2) is 30.7 Å². The van der Waals surface area contributed by atoms with Gasteiger partial charge in [0.2, 0.25) is 0 Å². The molecule has 0 heterocycles. The van der Waals surface area contributed by atoms with E-state index in [2.05, 4.69) is 5.32 Å². The second-order valence-corrected chi connectivity index (χ2v) is 4.92. The minimum absolute atomic E-state index is 0.0699. The van der Waals surface area contributed by atoms with Crippen LogP contribution in [0, 0.1) is 0 Å². The summed E-state index contributed by atoms with van der Waals surface area (Å²) in [5.41, 5.74) is 0.393. The van der Waals surface area contributed by atoms with Crippen molar-refractivity contribution in [3.8, 4) is 11.5 Å². The van der Waals surface area contributed by atoms with E-state index in [-0.39, 0.29) is 16.3 Å². The van der Waals surface area contributed by atoms with Crippen molar-refractivity contribution < 1.29 is 24.2 Å². The second kappa shape index (κ2) is 7.51. The number of ether oxygens (including phenoxy) is 2. The maximum Gasteiger partial charge on any atom is 0.342 e. The number of methoxy groups -OCH3 is 1. The summed E-state index contributed by atoms with van der Waals surface area (Å²) in [7, 11) is 1.48. The van der Waals surface area contributed by atoms with Gasteiger partial charge in [0.05, 0.1) is 12.8 Å². The summed E-state index contributed by atoms with van der Waals surface area (Å²) in [6.07, 6.45) is 0. The maximum atomic E-state index is 11.8. The number of amides is 1. The number of phenols is 1. The quantitative estimate of drug-likeness (QED) is 0.821. The van der Waals surface area contributed by atoms with Crippen LogP contribution < -0.4 is 10.1 Å². The minimum atomic E-state index is -0.825. The molecule has 2 aromatic carbocycles. The number of rotatable bonds is 5. The van der Waals surface area contributed by atoms with Crippen molar-refractivity contribution in [2.24, 2.45) is 0 Å². The number of anilines is 1. The number of esters is 1. The largest absolute Gasteiger partial charge is 0.507 e. The van der Waals surface area contributed by atoms with Gasteiger partial charge >= 0.3 is 5.97 Å². The van der Waals surface area contributed by atoms with Crippen LogP contribution in [0.15, 0.2) is 42.5 Å². The van der Waals surface area contributed by atoms with E-state index in [4.69, 9.17) is 21.1 Å². The fourth-order valence-electron chi connectivity index (χ4n) is 1.82. The average molecular weight is 336 g/mol. The molecule has 0 saturated heterocycles. The number of carbonyl (C=O) groups is 2. The highest BCUT2D eigenvalue weighted by Crippen LogP contribution is 2.24. The number of para-hydroxylation sites is 2. The third-order valence-corrected chi connectivity index (χ3v) is 3.13. The van der Waals surface area contributed by atoms with Crippen LogP contribution >= 0.6 is 11.6 Å². The van der Waals surface area contributed by atoms with Crippen LogP contribution in [0.1, 0.15) is 10.4 Å². The zero-order chi connectivity index (χ0) is 16.8. The van der Waals surface area contributed by atoms with Gasteiger partial charge in [-0.3, -0.25) is 4.79 Å². The summed E-state index contributed by atoms with van der Waals surface area (Å²) in [4.78, 5) is 23.7. The number of nitrogens with one attached hydrogen (secondary N) is 1. The summed E-state index contributed by atoms with van der Waals surface area (Å²) in [5.74, 6) is -1.18. The van der Waals surface area contributed by atoms with Gasteiger partial charge < -0.3 is 19.9 Å². The number of aromatic hydroxyl groups is 1. The second-order valence-electron chi connectivity index (χ2n) is 4.49. The predicted octanol–water partition coefficient (Wildman–Crippen LogP) is 2.85. The molecule has 0 atom stereocenters. The van der Waals surface area contributed by atoms with Crippen molar-refractivity contribution in [3.05, 3.63) is 53.1 Å². The van der Waals surface area contributed by atoms with Crippen LogP contribution in [0.2, 0.25) is 5.02 Å².